The van der Waals surface area contributed by atoms with Crippen LogP contribution in [0.5, 0.6) is 0 Å². The summed E-state index contributed by atoms with van der Waals surface area (Å²) >= 11 is 1.14. The molecule has 1 aliphatic rings. The van der Waals surface area contributed by atoms with Crippen molar-refractivity contribution in [1.82, 2.24) is 14.5 Å². The van der Waals surface area contributed by atoms with Gasteiger partial charge in [-0.3, -0.25) is 10.1 Å². The number of aromatic nitrogens is 2. The topological polar surface area (TPSA) is 105 Å². The summed E-state index contributed by atoms with van der Waals surface area (Å²) in [5.74, 6) is -0.189. The number of sulfonamides is 1. The third-order valence-corrected chi connectivity index (χ3v) is 7.77. The van der Waals surface area contributed by atoms with Crippen molar-refractivity contribution in [2.45, 2.75) is 29.5 Å². The molecule has 0 aliphatic carbocycles. The third-order valence-electron chi connectivity index (χ3n) is 4.49. The van der Waals surface area contributed by atoms with Crippen molar-refractivity contribution < 1.29 is 17.6 Å². The predicted octanol–water partition coefficient (Wildman–Crippen LogP) is 2.98. The van der Waals surface area contributed by atoms with Gasteiger partial charge >= 0.3 is 6.01 Å². The highest BCUT2D eigenvalue weighted by Crippen LogP contribution is 2.28. The Morgan fingerprint density at radius 3 is 2.71 bits per heavy atom. The molecule has 1 N–H and O–H groups in total. The van der Waals surface area contributed by atoms with Crippen LogP contribution in [-0.4, -0.2) is 41.4 Å². The number of amides is 1. The van der Waals surface area contributed by atoms with Crippen LogP contribution in [0, 0.1) is 0 Å². The molecule has 0 radical (unpaired) electrons. The fourth-order valence-electron chi connectivity index (χ4n) is 3.14. The number of anilines is 1. The summed E-state index contributed by atoms with van der Waals surface area (Å²) < 4.78 is 32.8. The van der Waals surface area contributed by atoms with Crippen molar-refractivity contribution in [3.8, 4) is 11.5 Å². The number of piperidine rings is 1. The number of rotatable bonds is 5. The van der Waals surface area contributed by atoms with Gasteiger partial charge < -0.3 is 4.42 Å². The van der Waals surface area contributed by atoms with E-state index in [1.54, 1.807) is 17.5 Å². The summed E-state index contributed by atoms with van der Waals surface area (Å²) in [6.45, 7) is 0.303. The lowest BCUT2D eigenvalue weighted by atomic mass is 10.0. The molecule has 3 aromatic rings. The first-order valence-corrected chi connectivity index (χ1v) is 11.1. The Hall–Kier alpha value is -2.56. The van der Waals surface area contributed by atoms with Crippen molar-refractivity contribution in [1.29, 1.82) is 0 Å². The van der Waals surface area contributed by atoms with Gasteiger partial charge in [0.25, 0.3) is 10.0 Å². The molecule has 0 bridgehead atoms. The molecule has 0 spiro atoms. The quantitative estimate of drug-likeness (QED) is 0.683. The van der Waals surface area contributed by atoms with Crippen LogP contribution in [0.25, 0.3) is 11.5 Å². The second-order valence-electron chi connectivity index (χ2n) is 6.33. The van der Waals surface area contributed by atoms with Gasteiger partial charge in [-0.25, -0.2) is 8.42 Å². The van der Waals surface area contributed by atoms with E-state index in [9.17, 15) is 13.2 Å². The highest BCUT2D eigenvalue weighted by atomic mass is 32.2. The van der Waals surface area contributed by atoms with Crippen LogP contribution < -0.4 is 5.32 Å². The molecule has 146 valence electrons. The number of nitrogens with zero attached hydrogens (tertiary/aromatic N) is 3. The molecule has 8 nitrogen and oxygen atoms in total. The minimum atomic E-state index is -3.72. The Morgan fingerprint density at radius 1 is 1.14 bits per heavy atom. The van der Waals surface area contributed by atoms with Gasteiger partial charge in [0, 0.05) is 12.1 Å². The molecule has 28 heavy (non-hydrogen) atoms. The maximum absolute atomic E-state index is 12.9. The predicted molar refractivity (Wildman–Crippen MR) is 104 cm³/mol. The number of benzene rings is 1. The van der Waals surface area contributed by atoms with Crippen molar-refractivity contribution in [2.75, 3.05) is 11.9 Å². The van der Waals surface area contributed by atoms with Gasteiger partial charge in [0.2, 0.25) is 11.8 Å². The summed E-state index contributed by atoms with van der Waals surface area (Å²) in [6.07, 6.45) is 1.93. The van der Waals surface area contributed by atoms with Crippen LogP contribution in [0.3, 0.4) is 0 Å². The summed E-state index contributed by atoms with van der Waals surface area (Å²) in [4.78, 5) is 12.8. The summed E-state index contributed by atoms with van der Waals surface area (Å²) in [5, 5.41) is 12.1. The van der Waals surface area contributed by atoms with Crippen LogP contribution in [0.1, 0.15) is 19.3 Å². The van der Waals surface area contributed by atoms with E-state index in [2.05, 4.69) is 15.5 Å². The first kappa shape index (κ1) is 18.8. The maximum atomic E-state index is 12.9. The van der Waals surface area contributed by atoms with E-state index in [0.29, 0.717) is 19.4 Å². The zero-order valence-corrected chi connectivity index (χ0v) is 16.4. The van der Waals surface area contributed by atoms with Gasteiger partial charge in [-0.05, 0) is 36.4 Å². The third kappa shape index (κ3) is 3.71. The van der Waals surface area contributed by atoms with Crippen LogP contribution in [0.2, 0.25) is 0 Å². The maximum Gasteiger partial charge on any atom is 0.322 e. The smallest absolute Gasteiger partial charge is 0.322 e. The standard InChI is InChI=1S/C18H18N4O4S2/c23-16(19-18-21-20-17(26-18)13-7-2-1-3-8-13)14-9-4-5-11-22(14)28(24,25)15-10-6-12-27-15/h1-3,6-8,10,12,14H,4-5,9,11H2,(H,19,21,23)/t14-/m1/s1. The normalized spacial score (nSPS) is 18.1. The van der Waals surface area contributed by atoms with Gasteiger partial charge in [0.15, 0.2) is 0 Å². The fraction of sp³-hybridized carbons (Fsp3) is 0.278. The van der Waals surface area contributed by atoms with Gasteiger partial charge in [-0.2, -0.15) is 4.31 Å². The van der Waals surface area contributed by atoms with Gasteiger partial charge in [-0.15, -0.1) is 16.4 Å². The highest BCUT2D eigenvalue weighted by Gasteiger charge is 2.38. The molecule has 0 saturated carbocycles. The Morgan fingerprint density at radius 2 is 1.96 bits per heavy atom. The fourth-order valence-corrected chi connectivity index (χ4v) is 5.92. The van der Waals surface area contributed by atoms with Gasteiger partial charge in [0.1, 0.15) is 10.3 Å². The van der Waals surface area contributed by atoms with E-state index in [0.717, 1.165) is 23.3 Å². The number of hydrogen-bond acceptors (Lipinski definition) is 7. The van der Waals surface area contributed by atoms with E-state index in [1.165, 1.54) is 4.31 Å². The summed E-state index contributed by atoms with van der Waals surface area (Å²) in [6, 6.07) is 11.5. The van der Waals surface area contributed by atoms with E-state index in [4.69, 9.17) is 4.42 Å². The first-order valence-electron chi connectivity index (χ1n) is 8.81. The number of carbonyl (C=O) groups is 1. The number of nitrogens with one attached hydrogen (secondary N) is 1. The van der Waals surface area contributed by atoms with Crippen LogP contribution in [0.4, 0.5) is 6.01 Å². The zero-order valence-electron chi connectivity index (χ0n) is 14.8. The summed E-state index contributed by atoms with van der Waals surface area (Å²) in [5.41, 5.74) is 0.732. The van der Waals surface area contributed by atoms with E-state index in [1.807, 2.05) is 30.3 Å². The van der Waals surface area contributed by atoms with Crippen molar-refractivity contribution in [3.63, 3.8) is 0 Å². The molecule has 1 saturated heterocycles. The van der Waals surface area contributed by atoms with E-state index >= 15 is 0 Å². The van der Waals surface area contributed by atoms with E-state index < -0.39 is 22.0 Å². The number of thiophene rings is 1. The van der Waals surface area contributed by atoms with Crippen molar-refractivity contribution in [2.24, 2.45) is 0 Å². The van der Waals surface area contributed by atoms with E-state index in [-0.39, 0.29) is 16.1 Å². The van der Waals surface area contributed by atoms with Crippen LogP contribution in [0.15, 0.2) is 56.5 Å². The molecule has 2 aromatic heterocycles. The highest BCUT2D eigenvalue weighted by molar-refractivity contribution is 7.91. The molecule has 1 amide bonds. The number of carbonyl (C=O) groups excluding carboxylic acids is 1. The molecule has 1 atom stereocenters. The first-order chi connectivity index (χ1) is 13.6. The van der Waals surface area contributed by atoms with Crippen LogP contribution >= 0.6 is 11.3 Å². The average molecular weight is 419 g/mol. The molecule has 1 aromatic carbocycles. The zero-order chi connectivity index (χ0) is 19.6. The van der Waals surface area contributed by atoms with Crippen LogP contribution in [-0.2, 0) is 14.8 Å². The van der Waals surface area contributed by atoms with Crippen molar-refractivity contribution in [3.05, 3.63) is 47.8 Å². The monoisotopic (exact) mass is 418 g/mol. The Labute approximate surface area is 166 Å². The molecule has 4 rings (SSSR count). The minimum Gasteiger partial charge on any atom is -0.403 e. The molecule has 0 unspecified atom stereocenters. The van der Waals surface area contributed by atoms with Gasteiger partial charge in [0.05, 0.1) is 0 Å². The second kappa shape index (κ2) is 7.82. The lowest BCUT2D eigenvalue weighted by Gasteiger charge is -2.32. The van der Waals surface area contributed by atoms with Gasteiger partial charge in [-0.1, -0.05) is 35.8 Å². The summed E-state index contributed by atoms with van der Waals surface area (Å²) in [7, 11) is -3.72. The average Bonchev–Trinajstić information content (AvgIpc) is 3.41. The Bertz CT molecular complexity index is 1050. The molecule has 1 aliphatic heterocycles. The molecule has 3 heterocycles. The minimum absolute atomic E-state index is 0.0529. The molecule has 1 fully saturated rings. The molecule has 10 heteroatoms. The molecular formula is C18H18N4O4S2. The van der Waals surface area contributed by atoms with Crippen molar-refractivity contribution >= 4 is 33.3 Å². The lowest BCUT2D eigenvalue weighted by Crippen LogP contribution is -2.49. The SMILES string of the molecule is O=C(Nc1nnc(-c2ccccc2)o1)[C@H]1CCCCN1S(=O)(=O)c1cccs1. The largest absolute Gasteiger partial charge is 0.403 e. The number of hydrogen-bond donors (Lipinski definition) is 1. The second-order valence-corrected chi connectivity index (χ2v) is 9.39. The Balaban J connectivity index is 1.53. The Kier molecular flexibility index (Phi) is 5.25. The molecular weight excluding hydrogens is 400 g/mol. The lowest BCUT2D eigenvalue weighted by molar-refractivity contribution is -0.120.